The van der Waals surface area contributed by atoms with Gasteiger partial charge in [0.25, 0.3) is 0 Å². The van der Waals surface area contributed by atoms with E-state index in [2.05, 4.69) is 0 Å². The van der Waals surface area contributed by atoms with Gasteiger partial charge in [-0.3, -0.25) is 4.79 Å². The molecule has 4 bridgehead atoms. The second-order valence-corrected chi connectivity index (χ2v) is 5.87. The fraction of sp³-hybridized carbons (Fsp3) is 0.917. The maximum Gasteiger partial charge on any atom is 0.308 e. The average Bonchev–Trinajstić information content (AvgIpc) is 2.28. The van der Waals surface area contributed by atoms with Crippen LogP contribution in [0.15, 0.2) is 0 Å². The first-order valence-corrected chi connectivity index (χ1v) is 6.13. The Morgan fingerprint density at radius 2 is 1.53 bits per heavy atom. The molecule has 0 heterocycles. The van der Waals surface area contributed by atoms with E-state index in [4.69, 9.17) is 5.73 Å². The molecule has 4 aliphatic rings. The molecule has 4 aliphatic carbocycles. The van der Waals surface area contributed by atoms with Crippen molar-refractivity contribution < 1.29 is 9.90 Å². The Morgan fingerprint density at radius 3 is 2.07 bits per heavy atom. The molecule has 0 aromatic rings. The van der Waals surface area contributed by atoms with Crippen LogP contribution in [0.25, 0.3) is 0 Å². The van der Waals surface area contributed by atoms with Gasteiger partial charge in [-0.05, 0) is 55.8 Å². The zero-order valence-corrected chi connectivity index (χ0v) is 8.93. The highest BCUT2D eigenvalue weighted by Crippen LogP contribution is 2.52. The van der Waals surface area contributed by atoms with Gasteiger partial charge in [-0.2, -0.15) is 0 Å². The van der Waals surface area contributed by atoms with Crippen LogP contribution in [0.1, 0.15) is 32.1 Å². The van der Waals surface area contributed by atoms with Crippen molar-refractivity contribution in [3.8, 4) is 0 Å². The maximum absolute atomic E-state index is 11.3. The van der Waals surface area contributed by atoms with Gasteiger partial charge >= 0.3 is 5.97 Å². The van der Waals surface area contributed by atoms with E-state index in [0.29, 0.717) is 11.8 Å². The summed E-state index contributed by atoms with van der Waals surface area (Å²) in [7, 11) is 0. The zero-order valence-electron chi connectivity index (χ0n) is 8.93. The van der Waals surface area contributed by atoms with Crippen molar-refractivity contribution >= 4 is 5.97 Å². The maximum atomic E-state index is 11.3. The number of fused-ring (bicyclic) bond motifs is 1. The van der Waals surface area contributed by atoms with Gasteiger partial charge in [0.05, 0.1) is 5.92 Å². The summed E-state index contributed by atoms with van der Waals surface area (Å²) in [4.78, 5) is 11.3. The van der Waals surface area contributed by atoms with Crippen molar-refractivity contribution in [2.45, 2.75) is 38.1 Å². The van der Waals surface area contributed by atoms with Crippen LogP contribution in [0.5, 0.6) is 0 Å². The molecule has 4 unspecified atom stereocenters. The molecule has 4 rings (SSSR count). The summed E-state index contributed by atoms with van der Waals surface area (Å²) in [5.74, 6) is 1.51. The predicted octanol–water partition coefficient (Wildman–Crippen LogP) is 1.47. The summed E-state index contributed by atoms with van der Waals surface area (Å²) in [6.07, 6.45) is 5.97. The van der Waals surface area contributed by atoms with Gasteiger partial charge in [0.15, 0.2) is 0 Å². The van der Waals surface area contributed by atoms with Crippen LogP contribution in [-0.2, 0) is 4.79 Å². The lowest BCUT2D eigenvalue weighted by Gasteiger charge is -2.38. The van der Waals surface area contributed by atoms with Gasteiger partial charge in [0, 0.05) is 6.04 Å². The first kappa shape index (κ1) is 9.64. The minimum atomic E-state index is -0.652. The second-order valence-electron chi connectivity index (χ2n) is 5.87. The Morgan fingerprint density at radius 1 is 1.00 bits per heavy atom. The molecule has 0 aromatic heterocycles. The van der Waals surface area contributed by atoms with E-state index in [1.165, 1.54) is 19.3 Å². The molecular weight excluding hydrogens is 190 g/mol. The molecular formula is C12H19NO2. The molecule has 3 nitrogen and oxygen atoms in total. The first-order valence-electron chi connectivity index (χ1n) is 6.13. The van der Waals surface area contributed by atoms with Crippen molar-refractivity contribution in [1.82, 2.24) is 0 Å². The molecule has 0 saturated heterocycles. The van der Waals surface area contributed by atoms with Crippen molar-refractivity contribution in [2.75, 3.05) is 0 Å². The van der Waals surface area contributed by atoms with E-state index in [-0.39, 0.29) is 12.0 Å². The first-order chi connectivity index (χ1) is 7.15. The lowest BCUT2D eigenvalue weighted by atomic mass is 9.67. The number of carboxylic acid groups (broad SMARTS) is 1. The lowest BCUT2D eigenvalue weighted by Crippen LogP contribution is -2.42. The highest BCUT2D eigenvalue weighted by molar-refractivity contribution is 5.71. The van der Waals surface area contributed by atoms with Crippen LogP contribution < -0.4 is 5.73 Å². The van der Waals surface area contributed by atoms with Gasteiger partial charge in [-0.25, -0.2) is 0 Å². The zero-order chi connectivity index (χ0) is 10.6. The fourth-order valence-corrected chi connectivity index (χ4v) is 4.54. The molecule has 4 saturated carbocycles. The van der Waals surface area contributed by atoms with Gasteiger partial charge < -0.3 is 10.8 Å². The van der Waals surface area contributed by atoms with Gasteiger partial charge in [0.1, 0.15) is 0 Å². The molecule has 3 N–H and O–H groups in total. The Hall–Kier alpha value is -0.570. The Labute approximate surface area is 90.0 Å². The lowest BCUT2D eigenvalue weighted by molar-refractivity contribution is -0.145. The molecule has 84 valence electrons. The standard InChI is InChI=1S/C12H19NO2/c13-11-9-4-6-1-7(5-9)3-8(2-6)10(11)12(14)15/h6-11H,1-5,13H2,(H,14,15). The van der Waals surface area contributed by atoms with Gasteiger partial charge in [0.2, 0.25) is 0 Å². The van der Waals surface area contributed by atoms with Crippen molar-refractivity contribution in [1.29, 1.82) is 0 Å². The third-order valence-corrected chi connectivity index (χ3v) is 4.96. The monoisotopic (exact) mass is 209 g/mol. The normalized spacial score (nSPS) is 52.9. The van der Waals surface area contributed by atoms with Crippen LogP contribution in [0.4, 0.5) is 0 Å². The predicted molar refractivity (Wildman–Crippen MR) is 56.1 cm³/mol. The number of rotatable bonds is 1. The van der Waals surface area contributed by atoms with E-state index in [0.717, 1.165) is 24.7 Å². The highest BCUT2D eigenvalue weighted by Gasteiger charge is 2.49. The van der Waals surface area contributed by atoms with Crippen molar-refractivity contribution in [3.05, 3.63) is 0 Å². The summed E-state index contributed by atoms with van der Waals surface area (Å²) in [5, 5.41) is 9.30. The Bertz CT molecular complexity index is 277. The van der Waals surface area contributed by atoms with Gasteiger partial charge in [-0.1, -0.05) is 0 Å². The third kappa shape index (κ3) is 1.40. The summed E-state index contributed by atoms with van der Waals surface area (Å²) >= 11 is 0. The number of carbonyl (C=O) groups is 1. The number of aliphatic carboxylic acids is 1. The van der Waals surface area contributed by atoms with Crippen LogP contribution in [0, 0.1) is 29.6 Å². The summed E-state index contributed by atoms with van der Waals surface area (Å²) in [6.45, 7) is 0. The van der Waals surface area contributed by atoms with Crippen LogP contribution in [0.3, 0.4) is 0 Å². The Balaban J connectivity index is 1.95. The molecule has 0 radical (unpaired) electrons. The summed E-state index contributed by atoms with van der Waals surface area (Å²) < 4.78 is 0. The van der Waals surface area contributed by atoms with Crippen LogP contribution in [0.2, 0.25) is 0 Å². The molecule has 0 amide bonds. The number of carboxylic acids is 1. The average molecular weight is 209 g/mol. The van der Waals surface area contributed by atoms with Crippen LogP contribution in [-0.4, -0.2) is 17.1 Å². The summed E-state index contributed by atoms with van der Waals surface area (Å²) in [5.41, 5.74) is 6.17. The van der Waals surface area contributed by atoms with Crippen LogP contribution >= 0.6 is 0 Å². The third-order valence-electron chi connectivity index (χ3n) is 4.96. The SMILES string of the molecule is NC1C2CC3CC(C2)CC(C3)C1C(=O)O. The molecule has 0 spiro atoms. The van der Waals surface area contributed by atoms with E-state index < -0.39 is 5.97 Å². The van der Waals surface area contributed by atoms with E-state index >= 15 is 0 Å². The topological polar surface area (TPSA) is 63.3 Å². The van der Waals surface area contributed by atoms with Crippen molar-refractivity contribution in [2.24, 2.45) is 35.3 Å². The molecule has 4 fully saturated rings. The molecule has 0 aromatic carbocycles. The molecule has 4 atom stereocenters. The molecule has 0 aliphatic heterocycles. The number of nitrogens with two attached hydrogens (primary N) is 1. The highest BCUT2D eigenvalue weighted by atomic mass is 16.4. The van der Waals surface area contributed by atoms with E-state index in [1.54, 1.807) is 0 Å². The second kappa shape index (κ2) is 3.21. The summed E-state index contributed by atoms with van der Waals surface area (Å²) in [6, 6.07) is -0.0807. The molecule has 3 heteroatoms. The number of hydrogen-bond acceptors (Lipinski definition) is 2. The molecule has 15 heavy (non-hydrogen) atoms. The largest absolute Gasteiger partial charge is 0.481 e. The fourth-order valence-electron chi connectivity index (χ4n) is 4.54. The van der Waals surface area contributed by atoms with E-state index in [1.807, 2.05) is 0 Å². The van der Waals surface area contributed by atoms with Gasteiger partial charge in [-0.15, -0.1) is 0 Å². The minimum absolute atomic E-state index is 0.0807. The quantitative estimate of drug-likeness (QED) is 0.687. The van der Waals surface area contributed by atoms with E-state index in [9.17, 15) is 9.90 Å². The Kier molecular flexibility index (Phi) is 2.06. The number of hydrogen-bond donors (Lipinski definition) is 2. The minimum Gasteiger partial charge on any atom is -0.481 e. The smallest absolute Gasteiger partial charge is 0.308 e. The van der Waals surface area contributed by atoms with Crippen molar-refractivity contribution in [3.63, 3.8) is 0 Å².